The molecule has 2 heterocycles. The highest BCUT2D eigenvalue weighted by atomic mass is 16.5. The van der Waals surface area contributed by atoms with Crippen molar-refractivity contribution in [3.8, 4) is 0 Å². The third-order valence-corrected chi connectivity index (χ3v) is 6.69. The average Bonchev–Trinajstić information content (AvgIpc) is 3.47. The molecule has 152 valence electrons. The van der Waals surface area contributed by atoms with Crippen LogP contribution in [0.5, 0.6) is 0 Å². The highest BCUT2D eigenvalue weighted by Crippen LogP contribution is 2.44. The molecule has 2 aliphatic rings. The van der Waals surface area contributed by atoms with E-state index in [9.17, 15) is 0 Å². The van der Waals surface area contributed by atoms with Gasteiger partial charge >= 0.3 is 0 Å². The molecule has 0 N–H and O–H groups in total. The van der Waals surface area contributed by atoms with E-state index in [0.717, 1.165) is 25.3 Å². The monoisotopic (exact) mass is 404 g/mol. The van der Waals surface area contributed by atoms with Gasteiger partial charge in [-0.1, -0.05) is 91.0 Å². The van der Waals surface area contributed by atoms with Gasteiger partial charge in [-0.15, -0.1) is 0 Å². The van der Waals surface area contributed by atoms with Crippen LogP contribution >= 0.6 is 0 Å². The molecule has 6 rings (SSSR count). The third kappa shape index (κ3) is 2.81. The first-order valence-electron chi connectivity index (χ1n) is 10.9. The Bertz CT molecular complexity index is 1130. The summed E-state index contributed by atoms with van der Waals surface area (Å²) in [5.41, 5.74) is 6.87. The summed E-state index contributed by atoms with van der Waals surface area (Å²) in [5.74, 6) is 0.468. The van der Waals surface area contributed by atoms with Crippen LogP contribution < -0.4 is 0 Å². The first-order valence-corrected chi connectivity index (χ1v) is 10.9. The molecule has 4 aromatic rings. The van der Waals surface area contributed by atoms with Gasteiger partial charge in [0.15, 0.2) is 0 Å². The van der Waals surface area contributed by atoms with Gasteiger partial charge < -0.3 is 9.30 Å². The first kappa shape index (κ1) is 18.3. The molecule has 3 heteroatoms. The van der Waals surface area contributed by atoms with Crippen LogP contribution in [0, 0.1) is 5.92 Å². The van der Waals surface area contributed by atoms with E-state index in [1.807, 2.05) is 6.33 Å². The lowest BCUT2D eigenvalue weighted by molar-refractivity contribution is 0.188. The number of imidazole rings is 1. The van der Waals surface area contributed by atoms with Gasteiger partial charge in [-0.25, -0.2) is 4.98 Å². The minimum atomic E-state index is -0.520. The van der Waals surface area contributed by atoms with Crippen LogP contribution in [0.2, 0.25) is 0 Å². The summed E-state index contributed by atoms with van der Waals surface area (Å²) in [6.45, 7) is 1.53. The van der Waals surface area contributed by atoms with E-state index in [1.54, 1.807) is 0 Å². The number of nitrogens with zero attached hydrogens (tertiary/aromatic N) is 2. The number of aromatic nitrogens is 2. The van der Waals surface area contributed by atoms with Gasteiger partial charge in [0.25, 0.3) is 0 Å². The van der Waals surface area contributed by atoms with E-state index in [2.05, 4.69) is 102 Å². The fourth-order valence-electron chi connectivity index (χ4n) is 5.23. The smallest absolute Gasteiger partial charge is 0.122 e. The lowest BCUT2D eigenvalue weighted by Crippen LogP contribution is -2.38. The van der Waals surface area contributed by atoms with Crippen LogP contribution in [0.3, 0.4) is 0 Å². The summed E-state index contributed by atoms with van der Waals surface area (Å²) in [4.78, 5) is 4.92. The Morgan fingerprint density at radius 1 is 0.774 bits per heavy atom. The zero-order valence-electron chi connectivity index (χ0n) is 17.3. The molecule has 0 saturated carbocycles. The number of fused-ring (bicyclic) bond motifs is 2. The molecule has 0 spiro atoms. The summed E-state index contributed by atoms with van der Waals surface area (Å²) in [6, 6.07) is 32.3. The van der Waals surface area contributed by atoms with Crippen LogP contribution in [0.4, 0.5) is 0 Å². The number of ether oxygens (including phenoxy) is 1. The molecule has 1 atom stereocenters. The lowest BCUT2D eigenvalue weighted by Gasteiger charge is -2.39. The van der Waals surface area contributed by atoms with Crippen molar-refractivity contribution in [1.29, 1.82) is 0 Å². The van der Waals surface area contributed by atoms with E-state index < -0.39 is 5.54 Å². The van der Waals surface area contributed by atoms with Crippen molar-refractivity contribution in [3.63, 3.8) is 0 Å². The Hall–Kier alpha value is -3.43. The molecule has 1 saturated heterocycles. The Balaban J connectivity index is 1.70. The van der Waals surface area contributed by atoms with Crippen LogP contribution in [-0.4, -0.2) is 22.8 Å². The minimum Gasteiger partial charge on any atom is -0.376 e. The molecule has 3 nitrogen and oxygen atoms in total. The van der Waals surface area contributed by atoms with Crippen molar-refractivity contribution >= 4 is 6.08 Å². The van der Waals surface area contributed by atoms with Crippen LogP contribution in [0.15, 0.2) is 103 Å². The summed E-state index contributed by atoms with van der Waals surface area (Å²) in [5, 5.41) is 0. The Kier molecular flexibility index (Phi) is 4.36. The molecule has 3 aromatic carbocycles. The maximum absolute atomic E-state index is 5.77. The molecule has 1 aliphatic carbocycles. The first-order chi connectivity index (χ1) is 15.4. The predicted molar refractivity (Wildman–Crippen MR) is 123 cm³/mol. The molecule has 1 unspecified atom stereocenters. The van der Waals surface area contributed by atoms with Crippen molar-refractivity contribution in [3.05, 3.63) is 131 Å². The van der Waals surface area contributed by atoms with Gasteiger partial charge in [0, 0.05) is 12.3 Å². The van der Waals surface area contributed by atoms with E-state index in [-0.39, 0.29) is 0 Å². The number of hydrogen-bond donors (Lipinski definition) is 0. The van der Waals surface area contributed by atoms with Crippen molar-refractivity contribution < 1.29 is 4.74 Å². The molecular weight excluding hydrogens is 380 g/mol. The molecule has 31 heavy (non-hydrogen) atoms. The largest absolute Gasteiger partial charge is 0.376 e. The second-order valence-corrected chi connectivity index (χ2v) is 8.39. The Labute approximate surface area is 182 Å². The molecule has 1 fully saturated rings. The molecular formula is C28H24N2O. The van der Waals surface area contributed by atoms with Crippen LogP contribution in [-0.2, 0) is 16.7 Å². The average molecular weight is 405 g/mol. The maximum atomic E-state index is 5.77. The van der Waals surface area contributed by atoms with Gasteiger partial charge in [-0.05, 0) is 28.3 Å². The number of benzene rings is 3. The Morgan fingerprint density at radius 2 is 1.32 bits per heavy atom. The van der Waals surface area contributed by atoms with E-state index >= 15 is 0 Å². The van der Waals surface area contributed by atoms with E-state index in [0.29, 0.717) is 5.92 Å². The Morgan fingerprint density at radius 3 is 1.87 bits per heavy atom. The molecule has 1 aliphatic heterocycles. The second-order valence-electron chi connectivity index (χ2n) is 8.39. The second kappa shape index (κ2) is 7.36. The summed E-state index contributed by atoms with van der Waals surface area (Å²) in [7, 11) is 0. The van der Waals surface area contributed by atoms with Crippen molar-refractivity contribution in [1.82, 2.24) is 9.55 Å². The molecule has 0 amide bonds. The minimum absolute atomic E-state index is 0.468. The number of rotatable bonds is 4. The quantitative estimate of drug-likeness (QED) is 0.431. The fourth-order valence-corrected chi connectivity index (χ4v) is 5.23. The summed E-state index contributed by atoms with van der Waals surface area (Å²) >= 11 is 0. The van der Waals surface area contributed by atoms with Crippen LogP contribution in [0.1, 0.15) is 28.1 Å². The van der Waals surface area contributed by atoms with E-state index in [1.165, 1.54) is 28.0 Å². The lowest BCUT2D eigenvalue weighted by atomic mass is 9.76. The number of hydrogen-bond acceptors (Lipinski definition) is 2. The standard InChI is InChI=1S/C28H24N2O/c1-4-10-23(11-5-1)28(24-12-6-2-7-13-24,25-14-8-3-9-15-25)30-20-29-26-16-21-18-31-19-22(21)17-27(26)30/h1-15,17,20-21H,16,18-19H2. The SMILES string of the molecule is C1=C2COCC2Cc2ncn(C(c3ccccc3)(c3ccccc3)c3ccccc3)c21. The highest BCUT2D eigenvalue weighted by molar-refractivity contribution is 5.61. The van der Waals surface area contributed by atoms with Crippen LogP contribution in [0.25, 0.3) is 6.08 Å². The molecule has 0 bridgehead atoms. The fraction of sp³-hybridized carbons (Fsp3) is 0.179. The van der Waals surface area contributed by atoms with Gasteiger partial charge in [0.2, 0.25) is 0 Å². The normalized spacial score (nSPS) is 17.7. The molecule has 1 aromatic heterocycles. The highest BCUT2D eigenvalue weighted by Gasteiger charge is 2.41. The zero-order chi connectivity index (χ0) is 20.7. The predicted octanol–water partition coefficient (Wildman–Crippen LogP) is 5.31. The van der Waals surface area contributed by atoms with Gasteiger partial charge in [-0.2, -0.15) is 0 Å². The maximum Gasteiger partial charge on any atom is 0.122 e. The van der Waals surface area contributed by atoms with Crippen molar-refractivity contribution in [2.45, 2.75) is 12.0 Å². The van der Waals surface area contributed by atoms with Crippen molar-refractivity contribution in [2.75, 3.05) is 13.2 Å². The summed E-state index contributed by atoms with van der Waals surface area (Å²) < 4.78 is 8.15. The zero-order valence-corrected chi connectivity index (χ0v) is 17.3. The van der Waals surface area contributed by atoms with Gasteiger partial charge in [0.05, 0.1) is 30.9 Å². The van der Waals surface area contributed by atoms with Gasteiger partial charge in [0.1, 0.15) is 5.54 Å². The topological polar surface area (TPSA) is 27.1 Å². The molecule has 0 radical (unpaired) electrons. The van der Waals surface area contributed by atoms with E-state index in [4.69, 9.17) is 9.72 Å². The third-order valence-electron chi connectivity index (χ3n) is 6.69. The summed E-state index contributed by atoms with van der Waals surface area (Å²) in [6.07, 6.45) is 5.31. The van der Waals surface area contributed by atoms with Gasteiger partial charge in [-0.3, -0.25) is 0 Å². The van der Waals surface area contributed by atoms with Crippen molar-refractivity contribution in [2.24, 2.45) is 5.92 Å².